The molecule has 1 rings (SSSR count). The monoisotopic (exact) mass is 200 g/mol. The number of hydrogen-bond acceptors (Lipinski definition) is 2. The quantitative estimate of drug-likeness (QED) is 0.691. The molecule has 4 heteroatoms. The summed E-state index contributed by atoms with van der Waals surface area (Å²) in [6.07, 6.45) is 5.27. The molecule has 0 heterocycles. The van der Waals surface area contributed by atoms with Crippen LogP contribution in [0.15, 0.2) is 23.6 Å². The summed E-state index contributed by atoms with van der Waals surface area (Å²) in [5.41, 5.74) is 0.720. The minimum atomic E-state index is -0.997. The van der Waals surface area contributed by atoms with Crippen LogP contribution in [0.2, 0.25) is 0 Å². The van der Waals surface area contributed by atoms with Crippen molar-refractivity contribution in [1.82, 2.24) is 0 Å². The van der Waals surface area contributed by atoms with Crippen molar-refractivity contribution in [2.24, 2.45) is 0 Å². The van der Waals surface area contributed by atoms with Crippen LogP contribution in [0, 0.1) is 0 Å². The average molecular weight is 200 g/mol. The molecule has 0 saturated heterocycles. The number of aliphatic carboxylic acids is 1. The predicted molar refractivity (Wildman–Crippen MR) is 49.6 cm³/mol. The lowest BCUT2D eigenvalue weighted by molar-refractivity contribution is -0.142. The van der Waals surface area contributed by atoms with E-state index < -0.39 is 5.97 Å². The van der Waals surface area contributed by atoms with Gasteiger partial charge in [0.05, 0.1) is 6.61 Å². The second kappa shape index (κ2) is 5.54. The van der Waals surface area contributed by atoms with Crippen molar-refractivity contribution in [3.8, 4) is 0 Å². The van der Waals surface area contributed by atoms with Crippen molar-refractivity contribution in [2.75, 3.05) is 13.2 Å². The molecule has 0 aromatic carbocycles. The van der Waals surface area contributed by atoms with E-state index >= 15 is 0 Å². The number of allylic oxidation sites excluding steroid dienone is 3. The van der Waals surface area contributed by atoms with E-state index in [2.05, 4.69) is 0 Å². The molecule has 0 fully saturated rings. The van der Waals surface area contributed by atoms with Gasteiger partial charge in [0.2, 0.25) is 0 Å². The Bertz CT molecular complexity index is 269. The summed E-state index contributed by atoms with van der Waals surface area (Å²) < 4.78 is 17.9. The molecular formula is C10H13FO3. The zero-order valence-electron chi connectivity index (χ0n) is 7.83. The van der Waals surface area contributed by atoms with E-state index in [-0.39, 0.29) is 19.0 Å². The van der Waals surface area contributed by atoms with E-state index in [0.29, 0.717) is 12.8 Å². The van der Waals surface area contributed by atoms with Gasteiger partial charge in [-0.05, 0) is 30.9 Å². The second-order valence-electron chi connectivity index (χ2n) is 3.09. The van der Waals surface area contributed by atoms with Crippen LogP contribution in [0.3, 0.4) is 0 Å². The van der Waals surface area contributed by atoms with Gasteiger partial charge in [0.1, 0.15) is 12.4 Å². The number of halogens is 1. The van der Waals surface area contributed by atoms with Gasteiger partial charge in [0.15, 0.2) is 0 Å². The number of ether oxygens (including phenoxy) is 1. The Kier molecular flexibility index (Phi) is 4.32. The molecule has 1 N–H and O–H groups in total. The first-order valence-electron chi connectivity index (χ1n) is 4.53. The normalized spacial score (nSPS) is 16.1. The first-order chi connectivity index (χ1) is 6.70. The Balaban J connectivity index is 2.24. The molecule has 0 saturated carbocycles. The summed E-state index contributed by atoms with van der Waals surface area (Å²) in [4.78, 5) is 10.1. The lowest BCUT2D eigenvalue weighted by atomic mass is 10.0. The van der Waals surface area contributed by atoms with Crippen LogP contribution in [-0.4, -0.2) is 24.3 Å². The Morgan fingerprint density at radius 1 is 1.64 bits per heavy atom. The maximum atomic E-state index is 13.1. The smallest absolute Gasteiger partial charge is 0.329 e. The maximum Gasteiger partial charge on any atom is 0.329 e. The second-order valence-corrected chi connectivity index (χ2v) is 3.09. The van der Waals surface area contributed by atoms with Crippen molar-refractivity contribution < 1.29 is 19.0 Å². The molecular weight excluding hydrogens is 187 g/mol. The third-order valence-electron chi connectivity index (χ3n) is 1.99. The minimum absolute atomic E-state index is 0.199. The molecule has 0 radical (unpaired) electrons. The Morgan fingerprint density at radius 3 is 3.07 bits per heavy atom. The van der Waals surface area contributed by atoms with Crippen molar-refractivity contribution in [3.05, 3.63) is 23.6 Å². The highest BCUT2D eigenvalue weighted by molar-refractivity contribution is 5.67. The highest BCUT2D eigenvalue weighted by Crippen LogP contribution is 2.22. The van der Waals surface area contributed by atoms with Crippen molar-refractivity contribution in [1.29, 1.82) is 0 Å². The zero-order valence-corrected chi connectivity index (χ0v) is 7.83. The lowest BCUT2D eigenvalue weighted by Gasteiger charge is -2.10. The summed E-state index contributed by atoms with van der Waals surface area (Å²) >= 11 is 0. The molecule has 0 aromatic rings. The summed E-state index contributed by atoms with van der Waals surface area (Å²) in [7, 11) is 0. The van der Waals surface area contributed by atoms with E-state index in [1.165, 1.54) is 6.08 Å². The molecule has 78 valence electrons. The molecule has 0 aromatic heterocycles. The maximum absolute atomic E-state index is 13.1. The molecule has 0 atom stereocenters. The van der Waals surface area contributed by atoms with Gasteiger partial charge >= 0.3 is 5.97 Å². The van der Waals surface area contributed by atoms with Gasteiger partial charge in [0, 0.05) is 0 Å². The van der Waals surface area contributed by atoms with Crippen LogP contribution in [0.4, 0.5) is 4.39 Å². The minimum Gasteiger partial charge on any atom is -0.480 e. The largest absolute Gasteiger partial charge is 0.480 e. The molecule has 0 aliphatic heterocycles. The molecule has 1 aliphatic carbocycles. The van der Waals surface area contributed by atoms with Crippen molar-refractivity contribution in [2.45, 2.75) is 19.3 Å². The molecule has 0 amide bonds. The third kappa shape index (κ3) is 3.70. The SMILES string of the molecule is O=C(O)COCCC1=C(F)C=CCC1. The fourth-order valence-corrected chi connectivity index (χ4v) is 1.28. The van der Waals surface area contributed by atoms with Crippen LogP contribution in [0.25, 0.3) is 0 Å². The van der Waals surface area contributed by atoms with Crippen LogP contribution in [0.1, 0.15) is 19.3 Å². The number of carbonyl (C=O) groups is 1. The van der Waals surface area contributed by atoms with E-state index in [0.717, 1.165) is 12.0 Å². The van der Waals surface area contributed by atoms with Gasteiger partial charge in [-0.25, -0.2) is 9.18 Å². The highest BCUT2D eigenvalue weighted by atomic mass is 19.1. The molecule has 1 aliphatic rings. The van der Waals surface area contributed by atoms with Crippen molar-refractivity contribution >= 4 is 5.97 Å². The average Bonchev–Trinajstić information content (AvgIpc) is 2.15. The number of rotatable bonds is 5. The molecule has 3 nitrogen and oxygen atoms in total. The van der Waals surface area contributed by atoms with Gasteiger partial charge in [-0.3, -0.25) is 0 Å². The van der Waals surface area contributed by atoms with Crippen LogP contribution in [-0.2, 0) is 9.53 Å². The Morgan fingerprint density at radius 2 is 2.43 bits per heavy atom. The van der Waals surface area contributed by atoms with E-state index in [1.807, 2.05) is 0 Å². The van der Waals surface area contributed by atoms with Crippen LogP contribution < -0.4 is 0 Å². The fourth-order valence-electron chi connectivity index (χ4n) is 1.28. The Labute approximate surface area is 81.9 Å². The first-order valence-corrected chi connectivity index (χ1v) is 4.53. The third-order valence-corrected chi connectivity index (χ3v) is 1.99. The fraction of sp³-hybridized carbons (Fsp3) is 0.500. The van der Waals surface area contributed by atoms with Crippen LogP contribution >= 0.6 is 0 Å². The topological polar surface area (TPSA) is 46.5 Å². The number of carboxylic acids is 1. The first kappa shape index (κ1) is 10.9. The molecule has 14 heavy (non-hydrogen) atoms. The zero-order chi connectivity index (χ0) is 10.4. The standard InChI is InChI=1S/C10H13FO3/c11-9-4-2-1-3-8(9)5-6-14-7-10(12)13/h2,4H,1,3,5-7H2,(H,12,13). The van der Waals surface area contributed by atoms with Gasteiger partial charge in [-0.1, -0.05) is 6.08 Å². The molecule has 0 unspecified atom stereocenters. The summed E-state index contributed by atoms with van der Waals surface area (Å²) in [6.45, 7) is -0.0480. The number of hydrogen-bond donors (Lipinski definition) is 1. The van der Waals surface area contributed by atoms with E-state index in [1.54, 1.807) is 6.08 Å². The summed E-state index contributed by atoms with van der Waals surface area (Å²) in [5, 5.41) is 8.28. The van der Waals surface area contributed by atoms with Gasteiger partial charge in [-0.2, -0.15) is 0 Å². The van der Waals surface area contributed by atoms with Gasteiger partial charge in [0.25, 0.3) is 0 Å². The molecule has 0 spiro atoms. The van der Waals surface area contributed by atoms with Gasteiger partial charge in [-0.15, -0.1) is 0 Å². The summed E-state index contributed by atoms with van der Waals surface area (Å²) in [5.74, 6) is -1.20. The van der Waals surface area contributed by atoms with E-state index in [9.17, 15) is 9.18 Å². The Hall–Kier alpha value is -1.16. The lowest BCUT2D eigenvalue weighted by Crippen LogP contribution is -2.08. The highest BCUT2D eigenvalue weighted by Gasteiger charge is 2.07. The van der Waals surface area contributed by atoms with Crippen molar-refractivity contribution in [3.63, 3.8) is 0 Å². The van der Waals surface area contributed by atoms with Gasteiger partial charge < -0.3 is 9.84 Å². The number of carboxylic acid groups (broad SMARTS) is 1. The predicted octanol–water partition coefficient (Wildman–Crippen LogP) is 2.05. The van der Waals surface area contributed by atoms with E-state index in [4.69, 9.17) is 9.84 Å². The van der Waals surface area contributed by atoms with Crippen LogP contribution in [0.5, 0.6) is 0 Å². The molecule has 0 bridgehead atoms. The summed E-state index contributed by atoms with van der Waals surface area (Å²) in [6, 6.07) is 0.